The fourth-order valence-electron chi connectivity index (χ4n) is 4.21. The number of anilines is 1. The van der Waals surface area contributed by atoms with Crippen molar-refractivity contribution >= 4 is 17.5 Å². The van der Waals surface area contributed by atoms with E-state index >= 15 is 0 Å². The lowest BCUT2D eigenvalue weighted by atomic mass is 9.99. The van der Waals surface area contributed by atoms with Gasteiger partial charge in [-0.2, -0.15) is 5.10 Å². The molecule has 2 aromatic heterocycles. The van der Waals surface area contributed by atoms with Gasteiger partial charge in [0, 0.05) is 55.2 Å². The minimum absolute atomic E-state index is 0.252. The number of aryl methyl sites for hydroxylation is 1. The molecular weight excluding hydrogens is 396 g/mol. The van der Waals surface area contributed by atoms with Gasteiger partial charge in [0.05, 0.1) is 17.9 Å². The maximum Gasteiger partial charge on any atom is 0.225 e. The predicted octanol–water partition coefficient (Wildman–Crippen LogP) is 4.72. The second-order valence-electron chi connectivity index (χ2n) is 8.07. The molecule has 1 aromatic carbocycles. The highest BCUT2D eigenvalue weighted by Crippen LogP contribution is 2.38. The van der Waals surface area contributed by atoms with Gasteiger partial charge in [0.1, 0.15) is 0 Å². The van der Waals surface area contributed by atoms with Gasteiger partial charge in [-0.15, -0.1) is 0 Å². The molecule has 1 saturated heterocycles. The van der Waals surface area contributed by atoms with E-state index < -0.39 is 0 Å². The maximum atomic E-state index is 6.12. The van der Waals surface area contributed by atoms with E-state index in [9.17, 15) is 0 Å². The Balaban J connectivity index is 1.72. The molecule has 0 saturated carbocycles. The summed E-state index contributed by atoms with van der Waals surface area (Å²) in [5.74, 6) is 0.740. The highest BCUT2D eigenvalue weighted by molar-refractivity contribution is 6.30. The van der Waals surface area contributed by atoms with Gasteiger partial charge in [-0.1, -0.05) is 23.7 Å². The fourth-order valence-corrected chi connectivity index (χ4v) is 4.34. The zero-order valence-electron chi connectivity index (χ0n) is 18.1. The first-order valence-electron chi connectivity index (χ1n) is 10.5. The van der Waals surface area contributed by atoms with Crippen molar-refractivity contribution in [3.63, 3.8) is 0 Å². The Hall–Kier alpha value is -2.44. The molecule has 4 rings (SSSR count). The molecule has 0 N–H and O–H groups in total. The molecule has 0 aliphatic carbocycles. The van der Waals surface area contributed by atoms with Crippen LogP contribution in [0.15, 0.2) is 36.7 Å². The van der Waals surface area contributed by atoms with Gasteiger partial charge in [0.15, 0.2) is 0 Å². The van der Waals surface area contributed by atoms with Gasteiger partial charge < -0.3 is 4.90 Å². The molecule has 1 aliphatic rings. The largest absolute Gasteiger partial charge is 0.347 e. The van der Waals surface area contributed by atoms with Crippen molar-refractivity contribution in [1.82, 2.24) is 24.6 Å². The van der Waals surface area contributed by atoms with Crippen LogP contribution in [0.5, 0.6) is 0 Å². The van der Waals surface area contributed by atoms with Gasteiger partial charge in [0.2, 0.25) is 5.95 Å². The van der Waals surface area contributed by atoms with Crippen molar-refractivity contribution in [2.45, 2.75) is 45.8 Å². The van der Waals surface area contributed by atoms with Crippen LogP contribution < -0.4 is 4.90 Å². The van der Waals surface area contributed by atoms with Crippen LogP contribution in [0.4, 0.5) is 5.95 Å². The van der Waals surface area contributed by atoms with Crippen molar-refractivity contribution in [3.8, 4) is 11.1 Å². The molecule has 1 aliphatic heterocycles. The molecule has 0 amide bonds. The number of halogens is 1. The summed E-state index contributed by atoms with van der Waals surface area (Å²) < 4.78 is 2.06. The number of aromatic nitrogens is 4. The molecule has 1 atom stereocenters. The third-order valence-corrected chi connectivity index (χ3v) is 6.17. The van der Waals surface area contributed by atoms with E-state index in [2.05, 4.69) is 45.6 Å². The molecule has 0 bridgehead atoms. The Bertz CT molecular complexity index is 1010. The van der Waals surface area contributed by atoms with Crippen LogP contribution in [0.25, 0.3) is 11.1 Å². The number of hydrogen-bond acceptors (Lipinski definition) is 5. The van der Waals surface area contributed by atoms with Crippen LogP contribution in [0.2, 0.25) is 5.02 Å². The molecule has 30 heavy (non-hydrogen) atoms. The van der Waals surface area contributed by atoms with Crippen LogP contribution in [-0.2, 0) is 13.1 Å². The average Bonchev–Trinajstić information content (AvgIpc) is 3.35. The summed E-state index contributed by atoms with van der Waals surface area (Å²) in [5, 5.41) is 5.26. The molecule has 0 radical (unpaired) electrons. The van der Waals surface area contributed by atoms with E-state index in [1.807, 2.05) is 43.5 Å². The molecule has 3 heterocycles. The zero-order chi connectivity index (χ0) is 21.3. The standard InChI is InChI=1S/C23H29ClN6/c1-5-30-16(2)18(13-26-30)15-29-12-6-7-21(29)22-20(14-25-23(27-22)28(3)4)17-8-10-19(24)11-9-17/h8-11,13-14,21H,5-7,12,15H2,1-4H3/t21-/m0/s1. The minimum atomic E-state index is 0.252. The molecule has 0 unspecified atom stereocenters. The van der Waals surface area contributed by atoms with Crippen LogP contribution in [0, 0.1) is 6.92 Å². The summed E-state index contributed by atoms with van der Waals surface area (Å²) >= 11 is 6.12. The highest BCUT2D eigenvalue weighted by Gasteiger charge is 2.31. The highest BCUT2D eigenvalue weighted by atomic mass is 35.5. The van der Waals surface area contributed by atoms with Crippen molar-refractivity contribution in [1.29, 1.82) is 0 Å². The Morgan fingerprint density at radius 1 is 1.17 bits per heavy atom. The molecule has 7 heteroatoms. The summed E-state index contributed by atoms with van der Waals surface area (Å²) in [6, 6.07) is 8.20. The van der Waals surface area contributed by atoms with Gasteiger partial charge in [-0.05, 0) is 50.9 Å². The van der Waals surface area contributed by atoms with Gasteiger partial charge in [-0.25, -0.2) is 9.97 Å². The van der Waals surface area contributed by atoms with E-state index in [4.69, 9.17) is 16.6 Å². The predicted molar refractivity (Wildman–Crippen MR) is 122 cm³/mol. The van der Waals surface area contributed by atoms with E-state index in [-0.39, 0.29) is 6.04 Å². The SMILES string of the molecule is CCn1ncc(CN2CCC[C@H]2c2nc(N(C)C)ncc2-c2ccc(Cl)cc2)c1C. The Labute approximate surface area is 183 Å². The minimum Gasteiger partial charge on any atom is -0.347 e. The summed E-state index contributed by atoms with van der Waals surface area (Å²) in [7, 11) is 3.96. The third-order valence-electron chi connectivity index (χ3n) is 5.92. The fraction of sp³-hybridized carbons (Fsp3) is 0.435. The lowest BCUT2D eigenvalue weighted by Crippen LogP contribution is -2.25. The van der Waals surface area contributed by atoms with E-state index in [1.165, 1.54) is 11.3 Å². The zero-order valence-corrected chi connectivity index (χ0v) is 18.9. The average molecular weight is 425 g/mol. The number of hydrogen-bond donors (Lipinski definition) is 0. The molecule has 0 spiro atoms. The van der Waals surface area contributed by atoms with Crippen molar-refractivity contribution in [2.75, 3.05) is 25.5 Å². The van der Waals surface area contributed by atoms with E-state index in [0.29, 0.717) is 0 Å². The monoisotopic (exact) mass is 424 g/mol. The van der Waals surface area contributed by atoms with Crippen LogP contribution in [-0.4, -0.2) is 45.3 Å². The molecule has 1 fully saturated rings. The molecular formula is C23H29ClN6. The summed E-state index contributed by atoms with van der Waals surface area (Å²) in [6.07, 6.45) is 6.22. The first-order valence-corrected chi connectivity index (χ1v) is 10.9. The van der Waals surface area contributed by atoms with Gasteiger partial charge in [-0.3, -0.25) is 9.58 Å². The van der Waals surface area contributed by atoms with E-state index in [0.717, 1.165) is 60.3 Å². The third kappa shape index (κ3) is 4.07. The van der Waals surface area contributed by atoms with Crippen LogP contribution >= 0.6 is 11.6 Å². The Morgan fingerprint density at radius 2 is 1.93 bits per heavy atom. The lowest BCUT2D eigenvalue weighted by Gasteiger charge is -2.26. The Morgan fingerprint density at radius 3 is 2.60 bits per heavy atom. The number of nitrogens with zero attached hydrogens (tertiary/aromatic N) is 6. The Kier molecular flexibility index (Phi) is 6.06. The molecule has 3 aromatic rings. The number of benzene rings is 1. The van der Waals surface area contributed by atoms with Crippen molar-refractivity contribution < 1.29 is 0 Å². The van der Waals surface area contributed by atoms with Crippen LogP contribution in [0.3, 0.4) is 0 Å². The summed E-state index contributed by atoms with van der Waals surface area (Å²) in [6.45, 7) is 7.13. The summed E-state index contributed by atoms with van der Waals surface area (Å²) in [5.41, 5.74) is 5.81. The second-order valence-corrected chi connectivity index (χ2v) is 8.51. The number of rotatable bonds is 6. The quantitative estimate of drug-likeness (QED) is 0.572. The lowest BCUT2D eigenvalue weighted by molar-refractivity contribution is 0.244. The molecule has 6 nitrogen and oxygen atoms in total. The molecule has 158 valence electrons. The first kappa shape index (κ1) is 20.8. The maximum absolute atomic E-state index is 6.12. The van der Waals surface area contributed by atoms with Crippen molar-refractivity contribution in [3.05, 3.63) is 58.6 Å². The van der Waals surface area contributed by atoms with Crippen LogP contribution in [0.1, 0.15) is 42.8 Å². The first-order chi connectivity index (χ1) is 14.5. The topological polar surface area (TPSA) is 50.1 Å². The summed E-state index contributed by atoms with van der Waals surface area (Å²) in [4.78, 5) is 14.1. The second kappa shape index (κ2) is 8.74. The van der Waals surface area contributed by atoms with Gasteiger partial charge >= 0.3 is 0 Å². The smallest absolute Gasteiger partial charge is 0.225 e. The normalized spacial score (nSPS) is 16.9. The number of likely N-dealkylation sites (tertiary alicyclic amines) is 1. The van der Waals surface area contributed by atoms with Gasteiger partial charge in [0.25, 0.3) is 0 Å². The van der Waals surface area contributed by atoms with E-state index in [1.54, 1.807) is 0 Å². The van der Waals surface area contributed by atoms with Crippen molar-refractivity contribution in [2.24, 2.45) is 0 Å².